The standard InChI is InChI=1S/C16H22N4/c1-16(15-6-3-2-4-7-15)14-19(11-9-17-16)12-13-20-10-5-8-18-20/h2-8,10,17H,9,11-14H2,1H3. The van der Waals surface area contributed by atoms with Gasteiger partial charge in [-0.2, -0.15) is 5.10 Å². The predicted octanol–water partition coefficient (Wildman–Crippen LogP) is 1.70. The zero-order valence-electron chi connectivity index (χ0n) is 12.0. The van der Waals surface area contributed by atoms with Crippen LogP contribution in [0.25, 0.3) is 0 Å². The molecule has 2 heterocycles. The van der Waals surface area contributed by atoms with E-state index in [0.29, 0.717) is 0 Å². The molecule has 1 N–H and O–H groups in total. The van der Waals surface area contributed by atoms with Gasteiger partial charge < -0.3 is 5.32 Å². The summed E-state index contributed by atoms with van der Waals surface area (Å²) in [4.78, 5) is 2.52. The third-order valence-electron chi connectivity index (χ3n) is 4.10. The Morgan fingerprint density at radius 3 is 2.80 bits per heavy atom. The lowest BCUT2D eigenvalue weighted by Gasteiger charge is -2.42. The molecule has 1 atom stereocenters. The summed E-state index contributed by atoms with van der Waals surface area (Å²) < 4.78 is 2.00. The second-order valence-electron chi connectivity index (χ2n) is 5.67. The molecule has 1 aromatic heterocycles. The molecule has 0 spiro atoms. The van der Waals surface area contributed by atoms with E-state index in [-0.39, 0.29) is 5.54 Å². The molecule has 1 aliphatic heterocycles. The molecule has 4 heteroatoms. The highest BCUT2D eigenvalue weighted by Gasteiger charge is 2.31. The fourth-order valence-corrected chi connectivity index (χ4v) is 2.94. The Morgan fingerprint density at radius 2 is 2.05 bits per heavy atom. The van der Waals surface area contributed by atoms with Crippen LogP contribution in [0.1, 0.15) is 12.5 Å². The van der Waals surface area contributed by atoms with E-state index in [2.05, 4.69) is 52.6 Å². The van der Waals surface area contributed by atoms with Crippen LogP contribution < -0.4 is 5.32 Å². The van der Waals surface area contributed by atoms with Crippen molar-refractivity contribution in [3.05, 3.63) is 54.4 Å². The smallest absolute Gasteiger partial charge is 0.0536 e. The lowest BCUT2D eigenvalue weighted by atomic mass is 9.89. The summed E-state index contributed by atoms with van der Waals surface area (Å²) in [5.74, 6) is 0. The largest absolute Gasteiger partial charge is 0.305 e. The van der Waals surface area contributed by atoms with Gasteiger partial charge in [-0.3, -0.25) is 9.58 Å². The number of rotatable bonds is 4. The molecular weight excluding hydrogens is 248 g/mol. The van der Waals surface area contributed by atoms with Crippen LogP contribution in [-0.2, 0) is 12.1 Å². The Bertz CT molecular complexity index is 523. The minimum Gasteiger partial charge on any atom is -0.305 e. The molecule has 106 valence electrons. The van der Waals surface area contributed by atoms with Gasteiger partial charge in [0.25, 0.3) is 0 Å². The quantitative estimate of drug-likeness (QED) is 0.918. The van der Waals surface area contributed by atoms with Gasteiger partial charge in [-0.1, -0.05) is 30.3 Å². The maximum Gasteiger partial charge on any atom is 0.0536 e. The monoisotopic (exact) mass is 270 g/mol. The zero-order chi connectivity index (χ0) is 13.8. The third-order valence-corrected chi connectivity index (χ3v) is 4.10. The van der Waals surface area contributed by atoms with Crippen molar-refractivity contribution < 1.29 is 0 Å². The van der Waals surface area contributed by atoms with Gasteiger partial charge in [0.2, 0.25) is 0 Å². The van der Waals surface area contributed by atoms with Gasteiger partial charge in [-0.15, -0.1) is 0 Å². The molecular formula is C16H22N4. The van der Waals surface area contributed by atoms with Crippen LogP contribution in [0.2, 0.25) is 0 Å². The van der Waals surface area contributed by atoms with E-state index in [0.717, 1.165) is 32.7 Å². The van der Waals surface area contributed by atoms with Crippen molar-refractivity contribution >= 4 is 0 Å². The van der Waals surface area contributed by atoms with Gasteiger partial charge >= 0.3 is 0 Å². The Balaban J connectivity index is 1.64. The van der Waals surface area contributed by atoms with Crippen LogP contribution in [0, 0.1) is 0 Å². The van der Waals surface area contributed by atoms with E-state index >= 15 is 0 Å². The average molecular weight is 270 g/mol. The number of benzene rings is 1. The summed E-state index contributed by atoms with van der Waals surface area (Å²) in [6.07, 6.45) is 3.87. The number of aromatic nitrogens is 2. The molecule has 0 bridgehead atoms. The fourth-order valence-electron chi connectivity index (χ4n) is 2.94. The highest BCUT2D eigenvalue weighted by atomic mass is 15.3. The first-order valence-corrected chi connectivity index (χ1v) is 7.27. The maximum atomic E-state index is 4.27. The van der Waals surface area contributed by atoms with Crippen molar-refractivity contribution in [2.45, 2.75) is 19.0 Å². The Morgan fingerprint density at radius 1 is 1.20 bits per heavy atom. The number of piperazine rings is 1. The summed E-state index contributed by atoms with van der Waals surface area (Å²) in [6.45, 7) is 7.47. The van der Waals surface area contributed by atoms with Gasteiger partial charge in [0.15, 0.2) is 0 Å². The van der Waals surface area contributed by atoms with Crippen molar-refractivity contribution in [1.29, 1.82) is 0 Å². The molecule has 0 aliphatic carbocycles. The second-order valence-corrected chi connectivity index (χ2v) is 5.67. The summed E-state index contributed by atoms with van der Waals surface area (Å²) in [6, 6.07) is 12.7. The van der Waals surface area contributed by atoms with Crippen LogP contribution in [0.15, 0.2) is 48.8 Å². The summed E-state index contributed by atoms with van der Waals surface area (Å²) in [5, 5.41) is 7.94. The first-order valence-electron chi connectivity index (χ1n) is 7.27. The molecule has 2 aromatic rings. The number of hydrogen-bond donors (Lipinski definition) is 1. The maximum absolute atomic E-state index is 4.27. The Kier molecular flexibility index (Phi) is 3.85. The molecule has 0 saturated carbocycles. The SMILES string of the molecule is CC1(c2ccccc2)CN(CCn2cccn2)CCN1. The van der Waals surface area contributed by atoms with E-state index < -0.39 is 0 Å². The van der Waals surface area contributed by atoms with Crippen LogP contribution in [0.3, 0.4) is 0 Å². The molecule has 1 aromatic carbocycles. The normalized spacial score (nSPS) is 23.9. The summed E-state index contributed by atoms with van der Waals surface area (Å²) in [7, 11) is 0. The van der Waals surface area contributed by atoms with Crippen molar-refractivity contribution in [3.8, 4) is 0 Å². The summed E-state index contributed by atoms with van der Waals surface area (Å²) >= 11 is 0. The molecule has 0 amide bonds. The van der Waals surface area contributed by atoms with Crippen LogP contribution in [0.4, 0.5) is 0 Å². The van der Waals surface area contributed by atoms with Crippen LogP contribution in [-0.4, -0.2) is 40.9 Å². The number of hydrogen-bond acceptors (Lipinski definition) is 3. The number of nitrogens with zero attached hydrogens (tertiary/aromatic N) is 3. The molecule has 4 nitrogen and oxygen atoms in total. The predicted molar refractivity (Wildman–Crippen MR) is 80.5 cm³/mol. The minimum atomic E-state index is 0.0453. The molecule has 1 aliphatic rings. The second kappa shape index (κ2) is 5.77. The van der Waals surface area contributed by atoms with Gasteiger partial charge in [0, 0.05) is 38.6 Å². The average Bonchev–Trinajstić information content (AvgIpc) is 3.00. The van der Waals surface area contributed by atoms with Gasteiger partial charge in [0.1, 0.15) is 0 Å². The lowest BCUT2D eigenvalue weighted by Crippen LogP contribution is -2.57. The van der Waals surface area contributed by atoms with Crippen molar-refractivity contribution in [1.82, 2.24) is 20.0 Å². The Hall–Kier alpha value is -1.65. The topological polar surface area (TPSA) is 33.1 Å². The first-order chi connectivity index (χ1) is 9.76. The minimum absolute atomic E-state index is 0.0453. The van der Waals surface area contributed by atoms with Gasteiger partial charge in [-0.25, -0.2) is 0 Å². The van der Waals surface area contributed by atoms with E-state index in [9.17, 15) is 0 Å². The van der Waals surface area contributed by atoms with E-state index in [1.54, 1.807) is 0 Å². The van der Waals surface area contributed by atoms with Crippen LogP contribution >= 0.6 is 0 Å². The van der Waals surface area contributed by atoms with E-state index in [1.807, 2.05) is 23.1 Å². The number of nitrogens with one attached hydrogen (secondary N) is 1. The molecule has 3 rings (SSSR count). The molecule has 1 saturated heterocycles. The molecule has 1 fully saturated rings. The highest BCUT2D eigenvalue weighted by Crippen LogP contribution is 2.24. The van der Waals surface area contributed by atoms with Gasteiger partial charge in [0.05, 0.1) is 12.1 Å². The van der Waals surface area contributed by atoms with E-state index in [1.165, 1.54) is 5.56 Å². The van der Waals surface area contributed by atoms with Crippen molar-refractivity contribution in [3.63, 3.8) is 0 Å². The fraction of sp³-hybridized carbons (Fsp3) is 0.438. The third kappa shape index (κ3) is 2.92. The highest BCUT2D eigenvalue weighted by molar-refractivity contribution is 5.24. The molecule has 1 unspecified atom stereocenters. The summed E-state index contributed by atoms with van der Waals surface area (Å²) in [5.41, 5.74) is 1.41. The zero-order valence-corrected chi connectivity index (χ0v) is 12.0. The first kappa shape index (κ1) is 13.3. The molecule has 20 heavy (non-hydrogen) atoms. The van der Waals surface area contributed by atoms with Crippen LogP contribution in [0.5, 0.6) is 0 Å². The van der Waals surface area contributed by atoms with Crippen molar-refractivity contribution in [2.75, 3.05) is 26.2 Å². The van der Waals surface area contributed by atoms with E-state index in [4.69, 9.17) is 0 Å². The lowest BCUT2D eigenvalue weighted by molar-refractivity contribution is 0.137. The Labute approximate surface area is 120 Å². The molecule has 0 radical (unpaired) electrons. The van der Waals surface area contributed by atoms with Gasteiger partial charge in [-0.05, 0) is 18.6 Å². The van der Waals surface area contributed by atoms with Crippen molar-refractivity contribution in [2.24, 2.45) is 0 Å².